The molecule has 3 heterocycles. The molecule has 0 unspecified atom stereocenters. The smallest absolute Gasteiger partial charge is 0.308 e. The molecule has 0 aliphatic rings. The zero-order valence-corrected chi connectivity index (χ0v) is 13.0. The summed E-state index contributed by atoms with van der Waals surface area (Å²) in [6.07, 6.45) is 1.36. The minimum atomic E-state index is -1.04. The molecule has 3 aromatic heterocycles. The third-order valence-electron chi connectivity index (χ3n) is 3.84. The molecule has 0 bridgehead atoms. The first-order valence-electron chi connectivity index (χ1n) is 7.14. The van der Waals surface area contributed by atoms with Gasteiger partial charge in [-0.05, 0) is 44.0 Å². The van der Waals surface area contributed by atoms with E-state index in [1.165, 1.54) is 0 Å². The number of hydrogen-bond acceptors (Lipinski definition) is 4. The van der Waals surface area contributed by atoms with Crippen LogP contribution in [0.15, 0.2) is 23.1 Å². The normalized spacial score (nSPS) is 11.1. The second-order valence-corrected chi connectivity index (χ2v) is 5.54. The third kappa shape index (κ3) is 2.50. The van der Waals surface area contributed by atoms with Gasteiger partial charge in [0, 0.05) is 17.1 Å². The molecule has 0 spiro atoms. The second-order valence-electron chi connectivity index (χ2n) is 5.54. The lowest BCUT2D eigenvalue weighted by Gasteiger charge is -2.06. The number of pyridine rings is 2. The molecule has 0 aromatic carbocycles. The molecule has 3 rings (SSSR count). The minimum Gasteiger partial charge on any atom is -0.481 e. The molecular weight excluding hydrogens is 296 g/mol. The molecule has 7 heteroatoms. The van der Waals surface area contributed by atoms with Crippen molar-refractivity contribution in [2.24, 2.45) is 0 Å². The van der Waals surface area contributed by atoms with Gasteiger partial charge < -0.3 is 10.1 Å². The predicted molar refractivity (Wildman–Crippen MR) is 85.0 cm³/mol. The van der Waals surface area contributed by atoms with Crippen molar-refractivity contribution in [2.45, 2.75) is 27.2 Å². The van der Waals surface area contributed by atoms with Crippen molar-refractivity contribution in [2.75, 3.05) is 0 Å². The van der Waals surface area contributed by atoms with Crippen LogP contribution in [0.3, 0.4) is 0 Å². The summed E-state index contributed by atoms with van der Waals surface area (Å²) in [4.78, 5) is 30.3. The number of carboxylic acid groups (broad SMARTS) is 1. The Balaban J connectivity index is 2.32. The van der Waals surface area contributed by atoms with Crippen molar-refractivity contribution in [3.8, 4) is 5.82 Å². The largest absolute Gasteiger partial charge is 0.481 e. The lowest BCUT2D eigenvalue weighted by Crippen LogP contribution is -2.19. The molecule has 0 saturated carbocycles. The van der Waals surface area contributed by atoms with Crippen LogP contribution in [-0.4, -0.2) is 30.8 Å². The standard InChI is InChI=1S/C16H16N4O3/c1-8-4-5-17-12(6-8)20-15-14(10(3)19-20)9(2)11(7-13(21)22)16(23)18-15/h4-6H,7H2,1-3H3,(H,18,23)(H,21,22). The fourth-order valence-corrected chi connectivity index (χ4v) is 2.76. The summed E-state index contributed by atoms with van der Waals surface area (Å²) in [5.41, 5.74) is 2.75. The monoisotopic (exact) mass is 312 g/mol. The number of carbonyl (C=O) groups is 1. The van der Waals surface area contributed by atoms with E-state index in [0.29, 0.717) is 22.7 Å². The number of aromatic nitrogens is 4. The number of carboxylic acids is 1. The molecule has 0 aliphatic carbocycles. The zero-order valence-electron chi connectivity index (χ0n) is 13.0. The number of H-pyrrole nitrogens is 1. The SMILES string of the molecule is Cc1ccnc(-n2nc(C)c3c(C)c(CC(=O)O)c(=O)[nH]c32)c1. The van der Waals surface area contributed by atoms with Crippen molar-refractivity contribution < 1.29 is 9.90 Å². The highest BCUT2D eigenvalue weighted by molar-refractivity contribution is 5.85. The van der Waals surface area contributed by atoms with Crippen molar-refractivity contribution in [3.05, 3.63) is 51.1 Å². The van der Waals surface area contributed by atoms with Gasteiger partial charge in [0.1, 0.15) is 5.65 Å². The van der Waals surface area contributed by atoms with Crippen LogP contribution < -0.4 is 5.56 Å². The summed E-state index contributed by atoms with van der Waals surface area (Å²) >= 11 is 0. The van der Waals surface area contributed by atoms with Crippen LogP contribution in [0.25, 0.3) is 16.9 Å². The number of hydrogen-bond donors (Lipinski definition) is 2. The quantitative estimate of drug-likeness (QED) is 0.766. The Morgan fingerprint density at radius 2 is 2.09 bits per heavy atom. The summed E-state index contributed by atoms with van der Waals surface area (Å²) in [7, 11) is 0. The van der Waals surface area contributed by atoms with Crippen molar-refractivity contribution in [3.63, 3.8) is 0 Å². The summed E-state index contributed by atoms with van der Waals surface area (Å²) < 4.78 is 1.58. The fraction of sp³-hybridized carbons (Fsp3) is 0.250. The molecule has 7 nitrogen and oxygen atoms in total. The van der Waals surface area contributed by atoms with Crippen molar-refractivity contribution >= 4 is 17.0 Å². The van der Waals surface area contributed by atoms with Crippen LogP contribution in [0.1, 0.15) is 22.4 Å². The maximum Gasteiger partial charge on any atom is 0.308 e. The lowest BCUT2D eigenvalue weighted by atomic mass is 10.0. The number of aliphatic carboxylic acids is 1. The first kappa shape index (κ1) is 15.0. The summed E-state index contributed by atoms with van der Waals surface area (Å²) in [6.45, 7) is 5.52. The Morgan fingerprint density at radius 1 is 1.35 bits per heavy atom. The van der Waals surface area contributed by atoms with E-state index in [-0.39, 0.29) is 12.0 Å². The molecule has 2 N–H and O–H groups in total. The molecule has 0 atom stereocenters. The van der Waals surface area contributed by atoms with E-state index in [1.54, 1.807) is 17.8 Å². The van der Waals surface area contributed by atoms with Gasteiger partial charge in [0.25, 0.3) is 5.56 Å². The van der Waals surface area contributed by atoms with Gasteiger partial charge in [-0.3, -0.25) is 9.59 Å². The third-order valence-corrected chi connectivity index (χ3v) is 3.84. The van der Waals surface area contributed by atoms with Crippen LogP contribution in [0, 0.1) is 20.8 Å². The average molecular weight is 312 g/mol. The highest BCUT2D eigenvalue weighted by atomic mass is 16.4. The highest BCUT2D eigenvalue weighted by Crippen LogP contribution is 2.23. The van der Waals surface area contributed by atoms with Gasteiger partial charge >= 0.3 is 5.97 Å². The van der Waals surface area contributed by atoms with E-state index in [2.05, 4.69) is 15.1 Å². The number of fused-ring (bicyclic) bond motifs is 1. The maximum atomic E-state index is 12.3. The van der Waals surface area contributed by atoms with Crippen LogP contribution in [0.5, 0.6) is 0 Å². The van der Waals surface area contributed by atoms with E-state index in [1.807, 2.05) is 26.0 Å². The lowest BCUT2D eigenvalue weighted by molar-refractivity contribution is -0.136. The van der Waals surface area contributed by atoms with Gasteiger partial charge in [-0.1, -0.05) is 0 Å². The first-order chi connectivity index (χ1) is 10.9. The van der Waals surface area contributed by atoms with Gasteiger partial charge in [-0.2, -0.15) is 9.78 Å². The van der Waals surface area contributed by atoms with Crippen LogP contribution in [-0.2, 0) is 11.2 Å². The van der Waals surface area contributed by atoms with Crippen molar-refractivity contribution in [1.29, 1.82) is 0 Å². The van der Waals surface area contributed by atoms with E-state index in [4.69, 9.17) is 5.11 Å². The van der Waals surface area contributed by atoms with Gasteiger partial charge in [0.2, 0.25) is 0 Å². The molecule has 0 saturated heterocycles. The van der Waals surface area contributed by atoms with E-state index >= 15 is 0 Å². The Bertz CT molecular complexity index is 985. The Kier molecular flexibility index (Phi) is 3.48. The molecule has 0 radical (unpaired) electrons. The first-order valence-corrected chi connectivity index (χ1v) is 7.14. The molecule has 23 heavy (non-hydrogen) atoms. The molecule has 0 amide bonds. The molecule has 118 valence electrons. The Hall–Kier alpha value is -2.96. The second kappa shape index (κ2) is 5.35. The highest BCUT2D eigenvalue weighted by Gasteiger charge is 2.18. The summed E-state index contributed by atoms with van der Waals surface area (Å²) in [5.74, 6) is -0.438. The van der Waals surface area contributed by atoms with E-state index in [0.717, 1.165) is 10.9 Å². The number of nitrogens with one attached hydrogen (secondary N) is 1. The van der Waals surface area contributed by atoms with Gasteiger partial charge in [0.05, 0.1) is 12.1 Å². The fourth-order valence-electron chi connectivity index (χ4n) is 2.76. The Labute approximate surface area is 131 Å². The number of rotatable bonds is 3. The zero-order chi connectivity index (χ0) is 16.7. The molecule has 3 aromatic rings. The molecule has 0 aliphatic heterocycles. The topological polar surface area (TPSA) is 101 Å². The van der Waals surface area contributed by atoms with Gasteiger partial charge in [0.15, 0.2) is 5.82 Å². The van der Waals surface area contributed by atoms with E-state index < -0.39 is 11.5 Å². The average Bonchev–Trinajstić information content (AvgIpc) is 2.80. The number of nitrogens with zero attached hydrogens (tertiary/aromatic N) is 3. The number of aryl methyl sites for hydroxylation is 3. The minimum absolute atomic E-state index is 0.254. The van der Waals surface area contributed by atoms with Crippen molar-refractivity contribution in [1.82, 2.24) is 19.7 Å². The van der Waals surface area contributed by atoms with E-state index in [9.17, 15) is 9.59 Å². The van der Waals surface area contributed by atoms with Gasteiger partial charge in [-0.25, -0.2) is 4.98 Å². The molecular formula is C16H16N4O3. The van der Waals surface area contributed by atoms with Crippen LogP contribution in [0.2, 0.25) is 0 Å². The predicted octanol–water partition coefficient (Wildman–Crippen LogP) is 1.66. The maximum absolute atomic E-state index is 12.3. The van der Waals surface area contributed by atoms with Crippen LogP contribution >= 0.6 is 0 Å². The number of aromatic amines is 1. The molecule has 0 fully saturated rings. The Morgan fingerprint density at radius 3 is 2.74 bits per heavy atom. The van der Waals surface area contributed by atoms with Crippen LogP contribution in [0.4, 0.5) is 0 Å². The summed E-state index contributed by atoms with van der Waals surface area (Å²) in [5, 5.41) is 14.2. The van der Waals surface area contributed by atoms with Gasteiger partial charge in [-0.15, -0.1) is 0 Å². The summed E-state index contributed by atoms with van der Waals surface area (Å²) in [6, 6.07) is 3.74.